The highest BCUT2D eigenvalue weighted by Crippen LogP contribution is 2.45. The number of phenolic OH excluding ortho intramolecular Hbond substituents is 1. The van der Waals surface area contributed by atoms with Crippen LogP contribution in [0.3, 0.4) is 0 Å². The molecule has 0 amide bonds. The number of nitrogens with one attached hydrogen (secondary N) is 1. The van der Waals surface area contributed by atoms with Gasteiger partial charge in [0.25, 0.3) is 0 Å². The van der Waals surface area contributed by atoms with Crippen LogP contribution in [0.15, 0.2) is 77.5 Å². The highest BCUT2D eigenvalue weighted by Gasteiger charge is 2.43. The van der Waals surface area contributed by atoms with Crippen molar-refractivity contribution < 1.29 is 9.52 Å². The van der Waals surface area contributed by atoms with Crippen LogP contribution in [0.5, 0.6) is 5.75 Å². The zero-order valence-corrected chi connectivity index (χ0v) is 18.7. The quantitative estimate of drug-likeness (QED) is 0.421. The topological polar surface area (TPSA) is 66.5 Å². The predicted octanol–water partition coefficient (Wildman–Crippen LogP) is 5.02. The number of anilines is 1. The number of furan rings is 1. The van der Waals surface area contributed by atoms with Crippen molar-refractivity contribution >= 4 is 23.0 Å². The summed E-state index contributed by atoms with van der Waals surface area (Å²) in [6, 6.07) is 18.9. The molecule has 1 fully saturated rings. The Morgan fingerprint density at radius 1 is 1.09 bits per heavy atom. The zero-order valence-electron chi connectivity index (χ0n) is 17.9. The van der Waals surface area contributed by atoms with Gasteiger partial charge in [-0.3, -0.25) is 4.98 Å². The first-order chi connectivity index (χ1) is 15.5. The fourth-order valence-corrected chi connectivity index (χ4v) is 4.87. The third kappa shape index (κ3) is 3.44. The minimum Gasteiger partial charge on any atom is -0.506 e. The molecule has 1 aliphatic heterocycles. The number of benzene rings is 1. The van der Waals surface area contributed by atoms with Gasteiger partial charge in [0.1, 0.15) is 11.5 Å². The molecule has 2 N–H and O–H groups in total. The monoisotopic (exact) mass is 444 g/mol. The first kappa shape index (κ1) is 20.3. The summed E-state index contributed by atoms with van der Waals surface area (Å²) in [5, 5.41) is 14.7. The van der Waals surface area contributed by atoms with Gasteiger partial charge in [-0.1, -0.05) is 18.2 Å². The first-order valence-electron chi connectivity index (χ1n) is 10.5. The maximum Gasteiger partial charge on any atom is 0.174 e. The van der Waals surface area contributed by atoms with Crippen molar-refractivity contribution in [2.24, 2.45) is 0 Å². The van der Waals surface area contributed by atoms with Gasteiger partial charge < -0.3 is 24.3 Å². The predicted molar refractivity (Wildman–Crippen MR) is 128 cm³/mol. The number of para-hydroxylation sites is 2. The van der Waals surface area contributed by atoms with Gasteiger partial charge in [0.15, 0.2) is 5.11 Å². The molecule has 0 spiro atoms. The van der Waals surface area contributed by atoms with Crippen molar-refractivity contribution in [3.63, 3.8) is 0 Å². The molecule has 0 saturated carbocycles. The molecule has 3 aromatic heterocycles. The molecule has 5 rings (SSSR count). The molecule has 4 heterocycles. The molecule has 0 aliphatic carbocycles. The van der Waals surface area contributed by atoms with E-state index in [0.29, 0.717) is 17.3 Å². The van der Waals surface area contributed by atoms with Gasteiger partial charge in [-0.2, -0.15) is 0 Å². The normalized spacial score (nSPS) is 18.2. The van der Waals surface area contributed by atoms with Crippen LogP contribution in [0.4, 0.5) is 5.69 Å². The number of nitrogens with zero attached hydrogens (tertiary/aromatic N) is 3. The number of phenols is 1. The van der Waals surface area contributed by atoms with E-state index in [0.717, 1.165) is 28.4 Å². The number of hydrogen-bond acceptors (Lipinski definition) is 4. The number of aromatic nitrogens is 2. The van der Waals surface area contributed by atoms with Crippen LogP contribution in [0.2, 0.25) is 0 Å². The molecule has 0 bridgehead atoms. The number of aromatic hydroxyl groups is 1. The Hall–Kier alpha value is -3.58. The van der Waals surface area contributed by atoms with E-state index in [-0.39, 0.29) is 17.8 Å². The molecule has 1 aliphatic rings. The Morgan fingerprint density at radius 2 is 1.91 bits per heavy atom. The number of pyridine rings is 1. The van der Waals surface area contributed by atoms with E-state index >= 15 is 0 Å². The molecule has 162 valence electrons. The molecule has 1 saturated heterocycles. The third-order valence-electron chi connectivity index (χ3n) is 6.06. The highest BCUT2D eigenvalue weighted by molar-refractivity contribution is 7.80. The Kier molecular flexibility index (Phi) is 5.19. The van der Waals surface area contributed by atoms with Crippen LogP contribution in [-0.4, -0.2) is 19.8 Å². The van der Waals surface area contributed by atoms with Crippen molar-refractivity contribution in [1.29, 1.82) is 0 Å². The molecule has 0 radical (unpaired) electrons. The summed E-state index contributed by atoms with van der Waals surface area (Å²) in [5.41, 5.74) is 4.94. The lowest BCUT2D eigenvalue weighted by molar-refractivity contribution is 0.472. The molecule has 6 nitrogen and oxygen atoms in total. The molecular weight excluding hydrogens is 420 g/mol. The lowest BCUT2D eigenvalue weighted by Gasteiger charge is -2.28. The first-order valence-corrected chi connectivity index (χ1v) is 10.9. The smallest absolute Gasteiger partial charge is 0.174 e. The van der Waals surface area contributed by atoms with Crippen molar-refractivity contribution in [1.82, 2.24) is 14.9 Å². The minimum atomic E-state index is -0.178. The second kappa shape index (κ2) is 8.16. The Labute approximate surface area is 192 Å². The van der Waals surface area contributed by atoms with Crippen LogP contribution < -0.4 is 10.2 Å². The maximum absolute atomic E-state index is 10.6. The summed E-state index contributed by atoms with van der Waals surface area (Å²) in [6.45, 7) is 4.87. The standard InChI is InChI=1S/C25H24N4O2S/c1-16-14-19(17(2)28(16)15-18-8-7-13-31-18)24-23(20-9-5-6-12-26-20)27-25(32)29(24)21-10-3-4-11-22(21)30/h3-14,23-24,30H,15H2,1-2H3,(H,27,32)/t23-,24-/m1/s1. The lowest BCUT2D eigenvalue weighted by Crippen LogP contribution is -2.29. The van der Waals surface area contributed by atoms with Crippen molar-refractivity contribution in [3.8, 4) is 5.75 Å². The Bertz CT molecular complexity index is 1250. The number of aryl methyl sites for hydroxylation is 1. The highest BCUT2D eigenvalue weighted by atomic mass is 32.1. The van der Waals surface area contributed by atoms with Gasteiger partial charge in [-0.15, -0.1) is 0 Å². The molecular formula is C25H24N4O2S. The molecule has 7 heteroatoms. The average Bonchev–Trinajstić information content (AvgIpc) is 3.50. The van der Waals surface area contributed by atoms with E-state index in [1.807, 2.05) is 53.4 Å². The molecule has 2 atom stereocenters. The second-order valence-corrected chi connectivity index (χ2v) is 8.36. The molecule has 0 unspecified atom stereocenters. The third-order valence-corrected chi connectivity index (χ3v) is 6.38. The molecule has 32 heavy (non-hydrogen) atoms. The van der Waals surface area contributed by atoms with Gasteiger partial charge in [0.05, 0.1) is 36.3 Å². The Balaban J connectivity index is 1.65. The van der Waals surface area contributed by atoms with Gasteiger partial charge in [-0.05, 0) is 74.1 Å². The zero-order chi connectivity index (χ0) is 22.2. The second-order valence-electron chi connectivity index (χ2n) is 7.98. The fourth-order valence-electron chi connectivity index (χ4n) is 4.53. The average molecular weight is 445 g/mol. The lowest BCUT2D eigenvalue weighted by atomic mass is 9.96. The largest absolute Gasteiger partial charge is 0.506 e. The van der Waals surface area contributed by atoms with Crippen LogP contribution in [0.25, 0.3) is 0 Å². The summed E-state index contributed by atoms with van der Waals surface area (Å²) in [5.74, 6) is 1.09. The van der Waals surface area contributed by atoms with Gasteiger partial charge in [-0.25, -0.2) is 0 Å². The summed E-state index contributed by atoms with van der Waals surface area (Å²) in [7, 11) is 0. The summed E-state index contributed by atoms with van der Waals surface area (Å²) in [6.07, 6.45) is 3.49. The van der Waals surface area contributed by atoms with E-state index in [4.69, 9.17) is 16.6 Å². The van der Waals surface area contributed by atoms with Gasteiger partial charge >= 0.3 is 0 Å². The van der Waals surface area contributed by atoms with Crippen LogP contribution >= 0.6 is 12.2 Å². The van der Waals surface area contributed by atoms with E-state index in [1.165, 1.54) is 0 Å². The number of thiocarbonyl (C=S) groups is 1. The van der Waals surface area contributed by atoms with Crippen molar-refractivity contribution in [2.75, 3.05) is 4.90 Å². The van der Waals surface area contributed by atoms with Crippen molar-refractivity contribution in [3.05, 3.63) is 102 Å². The van der Waals surface area contributed by atoms with Crippen LogP contribution in [0.1, 0.15) is 40.5 Å². The SMILES string of the molecule is Cc1cc([C@@H]2[C@@H](c3ccccn3)NC(=S)N2c2ccccc2O)c(C)n1Cc1ccco1. The number of rotatable bonds is 5. The maximum atomic E-state index is 10.6. The molecule has 4 aromatic rings. The summed E-state index contributed by atoms with van der Waals surface area (Å²) in [4.78, 5) is 6.61. The molecule has 1 aromatic carbocycles. The summed E-state index contributed by atoms with van der Waals surface area (Å²) >= 11 is 5.77. The van der Waals surface area contributed by atoms with Crippen LogP contribution in [0, 0.1) is 13.8 Å². The van der Waals surface area contributed by atoms with E-state index in [2.05, 4.69) is 34.8 Å². The van der Waals surface area contributed by atoms with E-state index in [9.17, 15) is 5.11 Å². The fraction of sp³-hybridized carbons (Fsp3) is 0.200. The number of hydrogen-bond donors (Lipinski definition) is 2. The van der Waals surface area contributed by atoms with Crippen LogP contribution in [-0.2, 0) is 6.54 Å². The minimum absolute atomic E-state index is 0.166. The van der Waals surface area contributed by atoms with E-state index in [1.54, 1.807) is 18.5 Å². The van der Waals surface area contributed by atoms with E-state index < -0.39 is 0 Å². The Morgan fingerprint density at radius 3 is 2.62 bits per heavy atom. The van der Waals surface area contributed by atoms with Crippen molar-refractivity contribution in [2.45, 2.75) is 32.5 Å². The van der Waals surface area contributed by atoms with Gasteiger partial charge in [0.2, 0.25) is 0 Å². The van der Waals surface area contributed by atoms with Gasteiger partial charge in [0, 0.05) is 17.6 Å². The summed E-state index contributed by atoms with van der Waals surface area (Å²) < 4.78 is 7.83.